The Morgan fingerprint density at radius 1 is 0.947 bits per heavy atom. The van der Waals surface area contributed by atoms with Crippen LogP contribution in [0.1, 0.15) is 49.9 Å². The van der Waals surface area contributed by atoms with Crippen LogP contribution in [0.4, 0.5) is 4.79 Å². The molecule has 3 N–H and O–H groups in total. The first kappa shape index (κ1) is 30.4. The first-order valence-corrected chi connectivity index (χ1v) is 14.7. The summed E-state index contributed by atoms with van der Waals surface area (Å²) >= 11 is 1.93. The Kier molecular flexibility index (Phi) is 13.4. The fourth-order valence-corrected chi connectivity index (χ4v) is 6.57. The third kappa shape index (κ3) is 10.2. The van der Waals surface area contributed by atoms with Gasteiger partial charge in [-0.2, -0.15) is 11.8 Å². The van der Waals surface area contributed by atoms with Crippen LogP contribution in [-0.2, 0) is 34.7 Å². The molecular formula is C28H40CuN6O2S. The molecule has 0 aromatic carbocycles. The zero-order valence-electron chi connectivity index (χ0n) is 21.9. The fraction of sp³-hybridized carbons (Fsp3) is 0.571. The molecule has 0 unspecified atom stereocenters. The van der Waals surface area contributed by atoms with E-state index in [0.29, 0.717) is 11.7 Å². The molecule has 8 nitrogen and oxygen atoms in total. The van der Waals surface area contributed by atoms with Gasteiger partial charge in [0.05, 0.1) is 12.1 Å². The maximum absolute atomic E-state index is 12.3. The van der Waals surface area contributed by atoms with E-state index in [-0.39, 0.29) is 41.1 Å². The van der Waals surface area contributed by atoms with Crippen LogP contribution in [0.2, 0.25) is 0 Å². The van der Waals surface area contributed by atoms with E-state index in [1.54, 1.807) is 0 Å². The summed E-state index contributed by atoms with van der Waals surface area (Å²) in [6.07, 6.45) is 11.1. The van der Waals surface area contributed by atoms with Crippen LogP contribution in [0.25, 0.3) is 0 Å². The molecule has 0 spiro atoms. The molecule has 2 aromatic heterocycles. The van der Waals surface area contributed by atoms with Crippen molar-refractivity contribution in [3.05, 3.63) is 60.2 Å². The summed E-state index contributed by atoms with van der Waals surface area (Å²) in [5, 5.41) is 9.57. The summed E-state index contributed by atoms with van der Waals surface area (Å²) in [5.41, 5.74) is 2.24. The summed E-state index contributed by atoms with van der Waals surface area (Å²) in [7, 11) is 0. The molecule has 2 fully saturated rings. The van der Waals surface area contributed by atoms with Gasteiger partial charge in [-0.15, -0.1) is 0 Å². The van der Waals surface area contributed by atoms with Crippen molar-refractivity contribution in [2.45, 2.75) is 68.7 Å². The molecule has 211 valence electrons. The van der Waals surface area contributed by atoms with Gasteiger partial charge < -0.3 is 20.9 Å². The van der Waals surface area contributed by atoms with Gasteiger partial charge in [-0.1, -0.05) is 18.6 Å². The molecule has 0 aliphatic carbocycles. The van der Waals surface area contributed by atoms with Gasteiger partial charge in [-0.3, -0.25) is 14.8 Å². The van der Waals surface area contributed by atoms with E-state index >= 15 is 0 Å². The number of pyridine rings is 2. The van der Waals surface area contributed by atoms with E-state index in [1.165, 1.54) is 0 Å². The average Bonchev–Trinajstić information content (AvgIpc) is 3.48. The van der Waals surface area contributed by atoms with Gasteiger partial charge in [-0.25, -0.2) is 4.79 Å². The number of rotatable bonds is 16. The van der Waals surface area contributed by atoms with Crippen LogP contribution in [0.5, 0.6) is 0 Å². The number of carbonyl (C=O) groups is 2. The Hall–Kier alpha value is -2.13. The first-order valence-electron chi connectivity index (χ1n) is 13.6. The van der Waals surface area contributed by atoms with Gasteiger partial charge in [0.2, 0.25) is 5.91 Å². The predicted molar refractivity (Wildman–Crippen MR) is 149 cm³/mol. The molecule has 0 saturated carbocycles. The van der Waals surface area contributed by atoms with Gasteiger partial charge in [0.25, 0.3) is 0 Å². The number of urea groups is 1. The molecule has 0 bridgehead atoms. The van der Waals surface area contributed by atoms with E-state index in [1.807, 2.05) is 48.4 Å². The molecule has 3 amide bonds. The van der Waals surface area contributed by atoms with Crippen molar-refractivity contribution in [3.63, 3.8) is 0 Å². The molecule has 4 rings (SSSR count). The largest absolute Gasteiger partial charge is 0.356 e. The Morgan fingerprint density at radius 2 is 1.66 bits per heavy atom. The maximum atomic E-state index is 12.3. The number of fused-ring (bicyclic) bond motifs is 1. The second-order valence-electron chi connectivity index (χ2n) is 9.91. The molecule has 10 heteroatoms. The number of thioether (sulfide) groups is 1. The molecule has 2 aliphatic rings. The molecule has 1 radical (unpaired) electrons. The van der Waals surface area contributed by atoms with Gasteiger partial charge in [0.15, 0.2) is 0 Å². The number of hydrogen-bond acceptors (Lipinski definition) is 6. The number of amides is 3. The number of unbranched alkanes of at least 4 members (excludes halogenated alkanes) is 2. The smallest absolute Gasteiger partial charge is 0.315 e. The Balaban J connectivity index is 0.00000400. The van der Waals surface area contributed by atoms with E-state index in [2.05, 4.69) is 43.0 Å². The number of aromatic nitrogens is 2. The van der Waals surface area contributed by atoms with Crippen molar-refractivity contribution < 1.29 is 26.7 Å². The van der Waals surface area contributed by atoms with Crippen molar-refractivity contribution >= 4 is 23.7 Å². The summed E-state index contributed by atoms with van der Waals surface area (Å²) in [6.45, 7) is 3.67. The zero-order chi connectivity index (χ0) is 25.7. The number of carbonyl (C=O) groups excluding carboxylic acids is 2. The summed E-state index contributed by atoms with van der Waals surface area (Å²) < 4.78 is 0. The quantitative estimate of drug-likeness (QED) is 0.158. The van der Waals surface area contributed by atoms with E-state index in [9.17, 15) is 9.59 Å². The van der Waals surface area contributed by atoms with Crippen molar-refractivity contribution in [3.8, 4) is 0 Å². The van der Waals surface area contributed by atoms with Crippen molar-refractivity contribution in [2.75, 3.05) is 31.9 Å². The van der Waals surface area contributed by atoms with Crippen LogP contribution >= 0.6 is 11.8 Å². The van der Waals surface area contributed by atoms with E-state index in [0.717, 1.165) is 88.3 Å². The summed E-state index contributed by atoms with van der Waals surface area (Å²) in [4.78, 5) is 35.2. The van der Waals surface area contributed by atoms with Gasteiger partial charge >= 0.3 is 6.03 Å². The zero-order valence-corrected chi connectivity index (χ0v) is 23.7. The topological polar surface area (TPSA) is 99.2 Å². The molecule has 2 saturated heterocycles. The third-order valence-electron chi connectivity index (χ3n) is 7.12. The average molecular weight is 588 g/mol. The van der Waals surface area contributed by atoms with Crippen LogP contribution < -0.4 is 16.0 Å². The fourth-order valence-electron chi connectivity index (χ4n) is 5.02. The second kappa shape index (κ2) is 16.7. The minimum absolute atomic E-state index is 0. The Morgan fingerprint density at radius 3 is 2.32 bits per heavy atom. The Labute approximate surface area is 241 Å². The summed E-state index contributed by atoms with van der Waals surface area (Å²) in [5.74, 6) is 1.13. The molecular weight excluding hydrogens is 548 g/mol. The van der Waals surface area contributed by atoms with Crippen LogP contribution in [0.15, 0.2) is 48.8 Å². The molecule has 38 heavy (non-hydrogen) atoms. The first-order chi connectivity index (χ1) is 18.2. The Bertz CT molecular complexity index is 927. The molecule has 2 aliphatic heterocycles. The molecule has 4 heterocycles. The van der Waals surface area contributed by atoms with Crippen LogP contribution in [0.3, 0.4) is 0 Å². The normalized spacial score (nSPS) is 19.9. The number of nitrogens with zero attached hydrogens (tertiary/aromatic N) is 3. The predicted octanol–water partition coefficient (Wildman–Crippen LogP) is 3.18. The van der Waals surface area contributed by atoms with Crippen LogP contribution in [-0.4, -0.2) is 76.1 Å². The third-order valence-corrected chi connectivity index (χ3v) is 8.63. The number of hydrogen-bond donors (Lipinski definition) is 3. The van der Waals surface area contributed by atoms with Crippen molar-refractivity contribution in [2.24, 2.45) is 0 Å². The van der Waals surface area contributed by atoms with E-state index < -0.39 is 0 Å². The van der Waals surface area contributed by atoms with Crippen molar-refractivity contribution in [1.29, 1.82) is 0 Å². The maximum Gasteiger partial charge on any atom is 0.315 e. The summed E-state index contributed by atoms with van der Waals surface area (Å²) in [6, 6.07) is 12.6. The monoisotopic (exact) mass is 587 g/mol. The molecule has 3 atom stereocenters. The SMILES string of the molecule is O=C(CCCC[C@@H]1SC[C@@H]2NC(=O)N[C@@H]21)NCCCCN(CCc1ccccn1)CCc1ccccn1.[Cu]. The van der Waals surface area contributed by atoms with Crippen molar-refractivity contribution in [1.82, 2.24) is 30.8 Å². The van der Waals surface area contributed by atoms with E-state index in [4.69, 9.17) is 0 Å². The minimum atomic E-state index is -0.0378. The molecule has 2 aromatic rings. The second-order valence-corrected chi connectivity index (χ2v) is 11.2. The van der Waals surface area contributed by atoms with Gasteiger partial charge in [0, 0.05) is 90.7 Å². The van der Waals surface area contributed by atoms with Gasteiger partial charge in [-0.05, 0) is 56.5 Å². The number of nitrogens with one attached hydrogen (secondary N) is 3. The van der Waals surface area contributed by atoms with Crippen LogP contribution in [0, 0.1) is 0 Å². The minimum Gasteiger partial charge on any atom is -0.356 e. The standard InChI is InChI=1S/C28H40N6O2S.Cu/c35-26(12-2-1-11-25-27-24(21-37-25)32-28(36)33-27)31-17-7-8-18-34(19-13-22-9-3-5-15-29-22)20-14-23-10-4-6-16-30-23;/h3-6,9-10,15-16,24-25,27H,1-2,7-8,11-14,17-21H2,(H,31,35)(H2,32,33,36);/t24-,25-,27-;/m0./s1. The van der Waals surface area contributed by atoms with Gasteiger partial charge in [0.1, 0.15) is 0 Å².